The van der Waals surface area contributed by atoms with E-state index in [-0.39, 0.29) is 30.6 Å². The molecule has 9 heterocycles. The number of halogens is 3. The van der Waals surface area contributed by atoms with Crippen molar-refractivity contribution in [3.05, 3.63) is 216 Å². The minimum atomic E-state index is -1.30. The van der Waals surface area contributed by atoms with E-state index in [0.29, 0.717) is 90.6 Å². The van der Waals surface area contributed by atoms with Crippen LogP contribution in [0.15, 0.2) is 171 Å². The van der Waals surface area contributed by atoms with Crippen LogP contribution in [-0.2, 0) is 16.1 Å². The molecule has 8 aromatic rings. The number of aldehydes is 1. The molecule has 10 N–H and O–H groups in total. The van der Waals surface area contributed by atoms with Crippen LogP contribution in [0.25, 0.3) is 22.4 Å². The zero-order valence-corrected chi connectivity index (χ0v) is 67.0. The topological polar surface area (TPSA) is 269 Å². The van der Waals surface area contributed by atoms with Gasteiger partial charge in [0.1, 0.15) is 18.0 Å². The van der Waals surface area contributed by atoms with Gasteiger partial charge in [0, 0.05) is 100.0 Å². The molecule has 8 aliphatic heterocycles. The number of amides is 4. The molecule has 0 spiro atoms. The van der Waals surface area contributed by atoms with Crippen LogP contribution in [0.2, 0.25) is 33.3 Å². The number of para-hydroxylation sites is 2. The van der Waals surface area contributed by atoms with Crippen molar-refractivity contribution in [1.29, 1.82) is 0 Å². The predicted molar refractivity (Wildman–Crippen MR) is 438 cm³/mol. The van der Waals surface area contributed by atoms with Crippen molar-refractivity contribution < 1.29 is 38.8 Å². The van der Waals surface area contributed by atoms with Crippen LogP contribution in [0.4, 0.5) is 11.4 Å². The molecule has 0 saturated carbocycles. The normalized spacial score (nSPS) is 20.2. The third-order valence-corrected chi connectivity index (χ3v) is 24.0. The van der Waals surface area contributed by atoms with Crippen LogP contribution < -0.4 is 37.6 Å². The van der Waals surface area contributed by atoms with E-state index >= 15 is 0 Å². The second-order valence-corrected chi connectivity index (χ2v) is 36.3. The summed E-state index contributed by atoms with van der Waals surface area (Å²) in [7, 11) is -2.05. The van der Waals surface area contributed by atoms with Crippen LogP contribution in [0.1, 0.15) is 158 Å². The predicted octanol–water partition coefficient (Wildman–Crippen LogP) is 13.8. The second kappa shape index (κ2) is 39.0. The Morgan fingerprint density at radius 3 is 1.56 bits per heavy atom. The Hall–Kier alpha value is -7.62. The largest absolute Gasteiger partial charge is 0.437 e. The van der Waals surface area contributed by atoms with E-state index < -0.39 is 21.2 Å². The van der Waals surface area contributed by atoms with Crippen molar-refractivity contribution in [3.63, 3.8) is 0 Å². The number of fused-ring (bicyclic) bond motifs is 1. The number of anilines is 2. The molecule has 0 radical (unpaired) electrons. The summed E-state index contributed by atoms with van der Waals surface area (Å²) in [4.78, 5) is 77.7. The maximum Gasteiger partial charge on any atom is 0.376 e. The van der Waals surface area contributed by atoms with Crippen LogP contribution in [0.5, 0.6) is 0 Å². The fourth-order valence-corrected chi connectivity index (χ4v) is 17.3. The Balaban J connectivity index is 0.000000135. The Morgan fingerprint density at radius 2 is 1.06 bits per heavy atom. The van der Waals surface area contributed by atoms with E-state index in [4.69, 9.17) is 10.7 Å². The monoisotopic (exact) mass is 1640 g/mol. The maximum atomic E-state index is 12.3. The second-order valence-electron chi connectivity index (χ2n) is 28.7. The van der Waals surface area contributed by atoms with Crippen LogP contribution in [-0.4, -0.2) is 151 Å². The van der Waals surface area contributed by atoms with Crippen LogP contribution in [0.3, 0.4) is 0 Å². The number of aromatic nitrogens is 2. The SMILES string of the molecule is Brc1ccc(C2CCCN2)cc1.CB(O)N1CCCC1c1ccc(Br)cc1.CB(O)N1CCCC1c1ccc(C=O)cc1.C[Si](C)(C)N1CCCC1=O.Nc1cccc2c1NCCNC2=O.O=C1NCCC1C(=O)c1ccc(Br)cc1.O=C1NCCn2c(-c3ccc(C4CCCN4)cc3)nc3cccc1c32. The molecule has 558 valence electrons. The van der Waals surface area contributed by atoms with Gasteiger partial charge in [0.2, 0.25) is 11.8 Å². The third kappa shape index (κ3) is 21.6. The number of ketones is 1. The molecule has 6 saturated heterocycles. The first-order valence-electron chi connectivity index (χ1n) is 37.1. The molecule has 20 nitrogen and oxygen atoms in total. The first kappa shape index (κ1) is 80.9. The molecule has 0 bridgehead atoms. The number of benzene rings is 7. The quantitative estimate of drug-likeness (QED) is 0.0192. The lowest BCUT2D eigenvalue weighted by atomic mass is 9.83. The first-order chi connectivity index (χ1) is 51.1. The van der Waals surface area contributed by atoms with Gasteiger partial charge in [-0.1, -0.05) is 164 Å². The molecular formula is C80H99B2Br3N12O8Si. The summed E-state index contributed by atoms with van der Waals surface area (Å²) in [6.45, 7) is 18.8. The van der Waals surface area contributed by atoms with Crippen molar-refractivity contribution in [3.8, 4) is 11.4 Å². The molecule has 1 aromatic heterocycles. The number of hydrogen-bond acceptors (Lipinski definition) is 15. The van der Waals surface area contributed by atoms with Gasteiger partial charge >= 0.3 is 14.1 Å². The summed E-state index contributed by atoms with van der Waals surface area (Å²) < 4.78 is 7.45. The van der Waals surface area contributed by atoms with Crippen molar-refractivity contribution in [2.24, 2.45) is 5.92 Å². The van der Waals surface area contributed by atoms with Gasteiger partial charge in [-0.15, -0.1) is 0 Å². The molecule has 5 atom stereocenters. The van der Waals surface area contributed by atoms with Gasteiger partial charge in [-0.3, -0.25) is 28.8 Å². The fraction of sp³-hybridized carbons (Fsp3) is 0.388. The van der Waals surface area contributed by atoms with Gasteiger partial charge < -0.3 is 66.4 Å². The summed E-state index contributed by atoms with van der Waals surface area (Å²) >= 11 is 10.2. The van der Waals surface area contributed by atoms with Crippen molar-refractivity contribution in [1.82, 2.24) is 50.3 Å². The Morgan fingerprint density at radius 1 is 0.547 bits per heavy atom. The van der Waals surface area contributed by atoms with Gasteiger partial charge in [-0.25, -0.2) is 4.98 Å². The third-order valence-electron chi connectivity index (χ3n) is 20.3. The number of nitrogens with two attached hydrogens (primary N) is 1. The molecular weight excluding hydrogens is 1550 g/mol. The average molecular weight is 1650 g/mol. The van der Waals surface area contributed by atoms with Gasteiger partial charge in [0.25, 0.3) is 11.8 Å². The van der Waals surface area contributed by atoms with Crippen LogP contribution in [0, 0.1) is 5.92 Å². The number of imidazole rings is 1. The van der Waals surface area contributed by atoms with E-state index in [2.05, 4.69) is 191 Å². The number of hydrogen-bond donors (Lipinski definition) is 9. The molecule has 26 heteroatoms. The van der Waals surface area contributed by atoms with Gasteiger partial charge in [-0.2, -0.15) is 0 Å². The lowest BCUT2D eigenvalue weighted by molar-refractivity contribution is -0.124. The molecule has 7 aromatic carbocycles. The van der Waals surface area contributed by atoms with Gasteiger partial charge in [-0.05, 0) is 187 Å². The highest BCUT2D eigenvalue weighted by Crippen LogP contribution is 2.36. The van der Waals surface area contributed by atoms with E-state index in [9.17, 15) is 38.8 Å². The fourth-order valence-electron chi connectivity index (χ4n) is 14.8. The summed E-state index contributed by atoms with van der Waals surface area (Å²) in [5, 5.41) is 37.8. The van der Waals surface area contributed by atoms with Crippen molar-refractivity contribution in [2.75, 3.05) is 70.0 Å². The van der Waals surface area contributed by atoms with Gasteiger partial charge in [0.05, 0.1) is 33.5 Å². The maximum absolute atomic E-state index is 12.3. The summed E-state index contributed by atoms with van der Waals surface area (Å²) in [5.74, 6) is 0.501. The van der Waals surface area contributed by atoms with E-state index in [1.54, 1.807) is 49.3 Å². The number of Topliss-reactive ketones (excluding diaryl/α,β-unsaturated/α-hetero) is 1. The zero-order valence-electron chi connectivity index (χ0n) is 61.3. The molecule has 5 unspecified atom stereocenters. The summed E-state index contributed by atoms with van der Waals surface area (Å²) in [5.41, 5.74) is 17.9. The summed E-state index contributed by atoms with van der Waals surface area (Å²) in [6.07, 6.45) is 12.9. The lowest BCUT2D eigenvalue weighted by Crippen LogP contribution is -2.46. The lowest BCUT2D eigenvalue weighted by Gasteiger charge is -2.29. The number of nitrogens with zero attached hydrogens (tertiary/aromatic N) is 5. The minimum absolute atomic E-state index is 0.0153. The number of carbonyl (C=O) groups excluding carboxylic acids is 6. The van der Waals surface area contributed by atoms with E-state index in [1.807, 2.05) is 49.3 Å². The van der Waals surface area contributed by atoms with Crippen LogP contribution >= 0.6 is 47.8 Å². The first-order valence-corrected chi connectivity index (χ1v) is 43.0. The van der Waals surface area contributed by atoms with Crippen molar-refractivity contribution in [2.45, 2.75) is 135 Å². The number of nitrogens with one attached hydrogen (secondary N) is 6. The Labute approximate surface area is 650 Å². The number of nitrogen functional groups attached to an aromatic ring is 1. The molecule has 6 fully saturated rings. The standard InChI is InChI=1S/C20H20N4O.C12H16BNO2.C11H15BBrNO.C11H10BrNO2.C10H12BrN.C9H11N3O.C7H15NOSi/c25-20-15-3-1-4-17-18(15)24(12-11-22-20)19(23-17)14-8-6-13(7-9-14)16-5-2-10-21-16;1-13(16)14-8-2-3-12(14)11-6-4-10(9-15)5-7-11;1-12(15)14-8-2-3-11(14)9-4-6-10(13)7-5-9;12-8-3-1-7(2-4-8)10(14)9-5-6-13-11(9)15;11-9-5-3-8(4-6-9)10-2-1-7-12-10;10-7-3-1-2-6-8(7)11-4-5-12-9(6)13;1-10(2,3)8-6-4-5-7(8)9/h1,3-4,6-9,16,21H,2,5,10-12H2,(H,22,25);4-7,9,12,16H,2-3,8H2,1H3;4-7,11,15H,2-3,8H2,1H3;1-4,9H,5-6H2,(H,13,15);3-6,10,12H,1-2,7H2;1-3,11H,4-5,10H2,(H,12,13);4-6H2,1-3H3. The number of rotatable bonds is 11. The summed E-state index contributed by atoms with van der Waals surface area (Å²) in [6, 6.07) is 53.2. The Bertz CT molecular complexity index is 4260. The van der Waals surface area contributed by atoms with Crippen molar-refractivity contribution >= 4 is 128 Å². The van der Waals surface area contributed by atoms with E-state index in [0.717, 1.165) is 113 Å². The highest BCUT2D eigenvalue weighted by Gasteiger charge is 2.35. The minimum Gasteiger partial charge on any atom is -0.437 e. The molecule has 106 heavy (non-hydrogen) atoms. The number of carbonyl (C=O) groups is 6. The molecule has 0 aliphatic carbocycles. The van der Waals surface area contributed by atoms with E-state index in [1.165, 1.54) is 60.9 Å². The zero-order chi connectivity index (χ0) is 75.4. The molecule has 8 aliphatic rings. The van der Waals surface area contributed by atoms with Gasteiger partial charge in [0.15, 0.2) is 14.0 Å². The molecule has 4 amide bonds. The Kier molecular flexibility index (Phi) is 29.7. The average Bonchev–Trinajstić information content (AvgIpc) is 1.61. The molecule has 16 rings (SSSR count). The smallest absolute Gasteiger partial charge is 0.376 e. The highest BCUT2D eigenvalue weighted by molar-refractivity contribution is 9.11. The highest BCUT2D eigenvalue weighted by atomic mass is 79.9.